The fraction of sp³-hybridized carbons (Fsp3) is 0.391. The summed E-state index contributed by atoms with van der Waals surface area (Å²) in [6.07, 6.45) is 5.80. The number of hydrogen-bond acceptors (Lipinski definition) is 3. The minimum absolute atomic E-state index is 0.0665. The number of carbonyl (C=O) groups excluding carboxylic acids is 1. The number of amides is 1. The number of aromatic nitrogens is 3. The second kappa shape index (κ2) is 10.6. The normalized spacial score (nSPS) is 12.1. The molecule has 0 fully saturated rings. The molecule has 3 rings (SSSR count). The SMILES string of the molecule is Cc1[nH]ncc1CCCNC(=O)[C@@H](C)CNCc1cccn1Cc1ccccc1. The number of hydrogen-bond donors (Lipinski definition) is 3. The molecule has 1 amide bonds. The van der Waals surface area contributed by atoms with E-state index in [-0.39, 0.29) is 11.8 Å². The molecule has 0 spiro atoms. The lowest BCUT2D eigenvalue weighted by molar-refractivity contribution is -0.124. The average molecular weight is 394 g/mol. The summed E-state index contributed by atoms with van der Waals surface area (Å²) in [4.78, 5) is 12.3. The Labute approximate surface area is 172 Å². The van der Waals surface area contributed by atoms with Crippen molar-refractivity contribution in [3.63, 3.8) is 0 Å². The van der Waals surface area contributed by atoms with E-state index in [0.717, 1.165) is 31.6 Å². The maximum absolute atomic E-state index is 12.3. The molecular weight excluding hydrogens is 362 g/mol. The van der Waals surface area contributed by atoms with Gasteiger partial charge < -0.3 is 15.2 Å². The fourth-order valence-corrected chi connectivity index (χ4v) is 3.35. The molecular formula is C23H31N5O. The molecule has 0 saturated heterocycles. The van der Waals surface area contributed by atoms with Gasteiger partial charge in [-0.25, -0.2) is 0 Å². The molecule has 0 unspecified atom stereocenters. The van der Waals surface area contributed by atoms with Crippen LogP contribution in [0.15, 0.2) is 54.9 Å². The first-order chi connectivity index (χ1) is 14.1. The van der Waals surface area contributed by atoms with Crippen molar-refractivity contribution in [3.05, 3.63) is 77.4 Å². The molecule has 6 nitrogen and oxygen atoms in total. The van der Waals surface area contributed by atoms with Crippen LogP contribution in [0.4, 0.5) is 0 Å². The summed E-state index contributed by atoms with van der Waals surface area (Å²) in [5, 5.41) is 13.4. The van der Waals surface area contributed by atoms with E-state index in [2.05, 4.69) is 68.0 Å². The monoisotopic (exact) mass is 393 g/mol. The Morgan fingerprint density at radius 2 is 2.03 bits per heavy atom. The van der Waals surface area contributed by atoms with Crippen LogP contribution in [-0.4, -0.2) is 33.8 Å². The summed E-state index contributed by atoms with van der Waals surface area (Å²) >= 11 is 0. The molecule has 6 heteroatoms. The van der Waals surface area contributed by atoms with E-state index in [9.17, 15) is 4.79 Å². The Bertz CT molecular complexity index is 884. The summed E-state index contributed by atoms with van der Waals surface area (Å²) in [5.74, 6) is 0.0317. The van der Waals surface area contributed by atoms with Crippen LogP contribution in [-0.2, 0) is 24.3 Å². The van der Waals surface area contributed by atoms with Crippen LogP contribution in [0, 0.1) is 12.8 Å². The number of carbonyl (C=O) groups is 1. The van der Waals surface area contributed by atoms with Crippen LogP contribution in [0.2, 0.25) is 0 Å². The molecule has 154 valence electrons. The van der Waals surface area contributed by atoms with Gasteiger partial charge in [-0.3, -0.25) is 9.89 Å². The molecule has 3 aromatic rings. The van der Waals surface area contributed by atoms with Crippen molar-refractivity contribution in [3.8, 4) is 0 Å². The van der Waals surface area contributed by atoms with Crippen molar-refractivity contribution in [2.24, 2.45) is 5.92 Å². The molecule has 1 aromatic carbocycles. The van der Waals surface area contributed by atoms with Crippen LogP contribution in [0.25, 0.3) is 0 Å². The van der Waals surface area contributed by atoms with Gasteiger partial charge in [-0.05, 0) is 43.0 Å². The second-order valence-corrected chi connectivity index (χ2v) is 7.56. The lowest BCUT2D eigenvalue weighted by atomic mass is 10.1. The topological polar surface area (TPSA) is 74.7 Å². The van der Waals surface area contributed by atoms with Gasteiger partial charge in [-0.1, -0.05) is 37.3 Å². The van der Waals surface area contributed by atoms with E-state index in [4.69, 9.17) is 0 Å². The molecule has 0 bridgehead atoms. The highest BCUT2D eigenvalue weighted by Crippen LogP contribution is 2.08. The van der Waals surface area contributed by atoms with Crippen molar-refractivity contribution < 1.29 is 4.79 Å². The summed E-state index contributed by atoms with van der Waals surface area (Å²) in [6.45, 7) is 6.93. The van der Waals surface area contributed by atoms with Crippen molar-refractivity contribution in [2.45, 2.75) is 39.8 Å². The third-order valence-electron chi connectivity index (χ3n) is 5.18. The van der Waals surface area contributed by atoms with Gasteiger partial charge >= 0.3 is 0 Å². The molecule has 2 aromatic heterocycles. The number of rotatable bonds is 11. The molecule has 2 heterocycles. The third kappa shape index (κ3) is 6.32. The Hall–Kier alpha value is -2.86. The van der Waals surface area contributed by atoms with Crippen LogP contribution < -0.4 is 10.6 Å². The third-order valence-corrected chi connectivity index (χ3v) is 5.18. The summed E-state index contributed by atoms with van der Waals surface area (Å²) in [7, 11) is 0. The fourth-order valence-electron chi connectivity index (χ4n) is 3.35. The van der Waals surface area contributed by atoms with E-state index < -0.39 is 0 Å². The van der Waals surface area contributed by atoms with Gasteiger partial charge in [-0.2, -0.15) is 5.10 Å². The maximum Gasteiger partial charge on any atom is 0.224 e. The number of benzene rings is 1. The summed E-state index contributed by atoms with van der Waals surface area (Å²) < 4.78 is 2.24. The highest BCUT2D eigenvalue weighted by atomic mass is 16.1. The van der Waals surface area contributed by atoms with Crippen LogP contribution >= 0.6 is 0 Å². The number of nitrogens with zero attached hydrogens (tertiary/aromatic N) is 2. The maximum atomic E-state index is 12.3. The van der Waals surface area contributed by atoms with Gasteiger partial charge in [0.2, 0.25) is 5.91 Å². The van der Waals surface area contributed by atoms with Gasteiger partial charge in [0.05, 0.1) is 6.20 Å². The lowest BCUT2D eigenvalue weighted by Gasteiger charge is -2.14. The molecule has 29 heavy (non-hydrogen) atoms. The number of aromatic amines is 1. The molecule has 0 aliphatic carbocycles. The first kappa shape index (κ1) is 20.9. The molecule has 1 atom stereocenters. The van der Waals surface area contributed by atoms with E-state index in [1.165, 1.54) is 16.8 Å². The van der Waals surface area contributed by atoms with Crippen molar-refractivity contribution in [1.29, 1.82) is 0 Å². The Balaban J connectivity index is 1.35. The molecule has 3 N–H and O–H groups in total. The smallest absolute Gasteiger partial charge is 0.224 e. The van der Waals surface area contributed by atoms with E-state index in [1.54, 1.807) is 0 Å². The lowest BCUT2D eigenvalue weighted by Crippen LogP contribution is -2.36. The second-order valence-electron chi connectivity index (χ2n) is 7.56. The van der Waals surface area contributed by atoms with Crippen LogP contribution in [0.1, 0.15) is 35.9 Å². The van der Waals surface area contributed by atoms with E-state index in [1.807, 2.05) is 26.1 Å². The number of aryl methyl sites for hydroxylation is 2. The van der Waals surface area contributed by atoms with Crippen molar-refractivity contribution in [1.82, 2.24) is 25.4 Å². The Morgan fingerprint density at radius 1 is 1.21 bits per heavy atom. The number of nitrogens with one attached hydrogen (secondary N) is 3. The molecule has 0 radical (unpaired) electrons. The summed E-state index contributed by atoms with van der Waals surface area (Å²) in [5.41, 5.74) is 4.82. The van der Waals surface area contributed by atoms with Gasteiger partial charge in [-0.15, -0.1) is 0 Å². The van der Waals surface area contributed by atoms with Crippen molar-refractivity contribution in [2.75, 3.05) is 13.1 Å². The van der Waals surface area contributed by atoms with Crippen molar-refractivity contribution >= 4 is 5.91 Å². The molecule has 0 saturated carbocycles. The summed E-state index contributed by atoms with van der Waals surface area (Å²) in [6, 6.07) is 14.6. The predicted molar refractivity (Wildman–Crippen MR) is 116 cm³/mol. The van der Waals surface area contributed by atoms with Gasteiger partial charge in [0.1, 0.15) is 0 Å². The molecule has 0 aliphatic rings. The zero-order valence-electron chi connectivity index (χ0n) is 17.3. The predicted octanol–water partition coefficient (Wildman–Crippen LogP) is 3.04. The average Bonchev–Trinajstić information content (AvgIpc) is 3.34. The zero-order valence-corrected chi connectivity index (χ0v) is 17.3. The zero-order chi connectivity index (χ0) is 20.5. The minimum atomic E-state index is -0.0665. The van der Waals surface area contributed by atoms with Gasteiger partial charge in [0, 0.05) is 49.7 Å². The standard InChI is InChI=1S/C23H31N5O/c1-18(23(29)25-12-6-10-21-15-26-27-19(21)2)14-24-16-22-11-7-13-28(22)17-20-8-4-3-5-9-20/h3-5,7-9,11,13,15,18,24H,6,10,12,14,16-17H2,1-2H3,(H,25,29)(H,26,27)/t18-/m0/s1. The highest BCUT2D eigenvalue weighted by Gasteiger charge is 2.12. The Morgan fingerprint density at radius 3 is 2.79 bits per heavy atom. The van der Waals surface area contributed by atoms with E-state index >= 15 is 0 Å². The van der Waals surface area contributed by atoms with Crippen LogP contribution in [0.5, 0.6) is 0 Å². The highest BCUT2D eigenvalue weighted by molar-refractivity contribution is 5.78. The Kier molecular flexibility index (Phi) is 7.64. The minimum Gasteiger partial charge on any atom is -0.356 e. The number of H-pyrrole nitrogens is 1. The largest absolute Gasteiger partial charge is 0.356 e. The molecule has 0 aliphatic heterocycles. The van der Waals surface area contributed by atoms with Gasteiger partial charge in [0.25, 0.3) is 0 Å². The van der Waals surface area contributed by atoms with Gasteiger partial charge in [0.15, 0.2) is 0 Å². The first-order valence-electron chi connectivity index (χ1n) is 10.3. The van der Waals surface area contributed by atoms with Crippen LogP contribution in [0.3, 0.4) is 0 Å². The first-order valence-corrected chi connectivity index (χ1v) is 10.3. The quantitative estimate of drug-likeness (QED) is 0.438. The van der Waals surface area contributed by atoms with E-state index in [0.29, 0.717) is 13.1 Å².